The second kappa shape index (κ2) is 6.64. The number of rotatable bonds is 3. The van der Waals surface area contributed by atoms with E-state index in [0.717, 1.165) is 25.0 Å². The van der Waals surface area contributed by atoms with E-state index < -0.39 is 28.6 Å². The van der Waals surface area contributed by atoms with E-state index in [1.54, 1.807) is 4.90 Å². The van der Waals surface area contributed by atoms with Gasteiger partial charge in [-0.2, -0.15) is 0 Å². The lowest BCUT2D eigenvalue weighted by molar-refractivity contribution is -0.147. The summed E-state index contributed by atoms with van der Waals surface area (Å²) in [7, 11) is 0. The molecule has 0 saturated carbocycles. The van der Waals surface area contributed by atoms with Gasteiger partial charge in [-0.05, 0) is 44.7 Å². The third kappa shape index (κ3) is 3.68. The van der Waals surface area contributed by atoms with Gasteiger partial charge >= 0.3 is 0 Å². The Hall–Kier alpha value is -1.98. The summed E-state index contributed by atoms with van der Waals surface area (Å²) in [6, 6.07) is 3.32. The highest BCUT2D eigenvalue weighted by Gasteiger charge is 2.40. The molecule has 0 bridgehead atoms. The SMILES string of the molecule is CC1CCN(C(=O)C(C)(C)C(=O)Nc2c(F)cccc2F)CC1. The van der Waals surface area contributed by atoms with E-state index in [0.29, 0.717) is 19.0 Å². The molecule has 1 heterocycles. The molecule has 2 amide bonds. The minimum atomic E-state index is -1.39. The van der Waals surface area contributed by atoms with E-state index in [1.165, 1.54) is 19.9 Å². The largest absolute Gasteiger partial charge is 0.342 e. The maximum absolute atomic E-state index is 13.6. The van der Waals surface area contributed by atoms with Gasteiger partial charge in [0.1, 0.15) is 22.7 Å². The van der Waals surface area contributed by atoms with Gasteiger partial charge in [-0.3, -0.25) is 9.59 Å². The van der Waals surface area contributed by atoms with Gasteiger partial charge in [0.2, 0.25) is 11.8 Å². The molecule has 0 aliphatic carbocycles. The maximum atomic E-state index is 13.6. The number of carbonyl (C=O) groups excluding carboxylic acids is 2. The number of piperidine rings is 1. The topological polar surface area (TPSA) is 49.4 Å². The average Bonchev–Trinajstić information content (AvgIpc) is 2.50. The first-order valence-corrected chi connectivity index (χ1v) is 7.78. The van der Waals surface area contributed by atoms with Crippen LogP contribution in [0.5, 0.6) is 0 Å². The van der Waals surface area contributed by atoms with E-state index in [1.807, 2.05) is 0 Å². The van der Waals surface area contributed by atoms with Gasteiger partial charge in [-0.1, -0.05) is 13.0 Å². The molecule has 1 N–H and O–H groups in total. The molecule has 0 aromatic heterocycles. The number of hydrogen-bond donors (Lipinski definition) is 1. The van der Waals surface area contributed by atoms with Crippen molar-refractivity contribution in [3.8, 4) is 0 Å². The van der Waals surface area contributed by atoms with Crippen molar-refractivity contribution in [1.29, 1.82) is 0 Å². The number of carbonyl (C=O) groups is 2. The number of amides is 2. The molecular formula is C17H22F2N2O2. The van der Waals surface area contributed by atoms with Crippen LogP contribution in [0.15, 0.2) is 18.2 Å². The van der Waals surface area contributed by atoms with Crippen LogP contribution in [0.25, 0.3) is 0 Å². The normalized spacial score (nSPS) is 16.3. The third-order valence-electron chi connectivity index (χ3n) is 4.37. The Morgan fingerprint density at radius 2 is 1.70 bits per heavy atom. The molecule has 6 heteroatoms. The molecule has 1 aromatic rings. The molecule has 1 aromatic carbocycles. The van der Waals surface area contributed by atoms with Gasteiger partial charge in [-0.15, -0.1) is 0 Å². The van der Waals surface area contributed by atoms with Gasteiger partial charge in [-0.25, -0.2) is 8.78 Å². The van der Waals surface area contributed by atoms with Crippen LogP contribution in [0.2, 0.25) is 0 Å². The van der Waals surface area contributed by atoms with Crippen LogP contribution in [0, 0.1) is 23.0 Å². The standard InChI is InChI=1S/C17H22F2N2O2/c1-11-7-9-21(10-8-11)16(23)17(2,3)15(22)20-14-12(18)5-4-6-13(14)19/h4-6,11H,7-10H2,1-3H3,(H,20,22). The van der Waals surface area contributed by atoms with E-state index in [2.05, 4.69) is 12.2 Å². The molecule has 0 atom stereocenters. The Morgan fingerprint density at radius 3 is 2.22 bits per heavy atom. The highest BCUT2D eigenvalue weighted by Crippen LogP contribution is 2.27. The summed E-state index contributed by atoms with van der Waals surface area (Å²) < 4.78 is 27.3. The van der Waals surface area contributed by atoms with Crippen molar-refractivity contribution in [3.63, 3.8) is 0 Å². The van der Waals surface area contributed by atoms with Crippen molar-refractivity contribution in [3.05, 3.63) is 29.8 Å². The van der Waals surface area contributed by atoms with Crippen LogP contribution in [0.3, 0.4) is 0 Å². The predicted molar refractivity (Wildman–Crippen MR) is 83.7 cm³/mol. The Kier molecular flexibility index (Phi) is 5.02. The molecule has 0 spiro atoms. The fourth-order valence-corrected chi connectivity index (χ4v) is 2.59. The molecule has 1 saturated heterocycles. The number of anilines is 1. The summed E-state index contributed by atoms with van der Waals surface area (Å²) >= 11 is 0. The number of halogens is 2. The molecule has 2 rings (SSSR count). The van der Waals surface area contributed by atoms with Crippen molar-refractivity contribution in [2.24, 2.45) is 11.3 Å². The quantitative estimate of drug-likeness (QED) is 0.868. The van der Waals surface area contributed by atoms with Crippen molar-refractivity contribution < 1.29 is 18.4 Å². The van der Waals surface area contributed by atoms with Crippen molar-refractivity contribution in [2.75, 3.05) is 18.4 Å². The summed E-state index contributed by atoms with van der Waals surface area (Å²) in [6.45, 7) is 6.28. The van der Waals surface area contributed by atoms with Gasteiger partial charge in [0.05, 0.1) is 0 Å². The number of nitrogens with one attached hydrogen (secondary N) is 1. The molecule has 1 fully saturated rings. The van der Waals surface area contributed by atoms with Crippen LogP contribution < -0.4 is 5.32 Å². The predicted octanol–water partition coefficient (Wildman–Crippen LogP) is 3.19. The number of hydrogen-bond acceptors (Lipinski definition) is 2. The molecule has 23 heavy (non-hydrogen) atoms. The van der Waals surface area contributed by atoms with E-state index >= 15 is 0 Å². The van der Waals surface area contributed by atoms with Crippen molar-refractivity contribution >= 4 is 17.5 Å². The third-order valence-corrected chi connectivity index (χ3v) is 4.37. The number of nitrogens with zero attached hydrogens (tertiary/aromatic N) is 1. The van der Waals surface area contributed by atoms with E-state index in [-0.39, 0.29) is 5.91 Å². The van der Waals surface area contributed by atoms with Gasteiger partial charge < -0.3 is 10.2 Å². The zero-order chi connectivity index (χ0) is 17.2. The van der Waals surface area contributed by atoms with Gasteiger partial charge in [0, 0.05) is 13.1 Å². The molecule has 0 unspecified atom stereocenters. The zero-order valence-electron chi connectivity index (χ0n) is 13.7. The van der Waals surface area contributed by atoms with Crippen LogP contribution >= 0.6 is 0 Å². The summed E-state index contributed by atoms with van der Waals surface area (Å²) in [4.78, 5) is 26.7. The Balaban J connectivity index is 2.12. The zero-order valence-corrected chi connectivity index (χ0v) is 13.7. The van der Waals surface area contributed by atoms with Crippen LogP contribution in [0.4, 0.5) is 14.5 Å². The first-order valence-electron chi connectivity index (χ1n) is 7.78. The van der Waals surface area contributed by atoms with E-state index in [9.17, 15) is 18.4 Å². The molecule has 126 valence electrons. The maximum Gasteiger partial charge on any atom is 0.239 e. The first-order chi connectivity index (χ1) is 10.7. The minimum absolute atomic E-state index is 0.321. The summed E-state index contributed by atoms with van der Waals surface area (Å²) in [5, 5.41) is 2.21. The second-order valence-corrected chi connectivity index (χ2v) is 6.65. The summed E-state index contributed by atoms with van der Waals surface area (Å²) in [5.41, 5.74) is -1.92. The molecular weight excluding hydrogens is 302 g/mol. The number of benzene rings is 1. The molecule has 1 aliphatic rings. The number of para-hydroxylation sites is 1. The van der Waals surface area contributed by atoms with E-state index in [4.69, 9.17) is 0 Å². The second-order valence-electron chi connectivity index (χ2n) is 6.65. The van der Waals surface area contributed by atoms with Crippen molar-refractivity contribution in [2.45, 2.75) is 33.6 Å². The molecule has 1 aliphatic heterocycles. The Morgan fingerprint density at radius 1 is 1.17 bits per heavy atom. The smallest absolute Gasteiger partial charge is 0.239 e. The summed E-state index contributed by atoms with van der Waals surface area (Å²) in [5.74, 6) is -2.21. The minimum Gasteiger partial charge on any atom is -0.342 e. The fraction of sp³-hybridized carbons (Fsp3) is 0.529. The Labute approximate surface area is 134 Å². The highest BCUT2D eigenvalue weighted by atomic mass is 19.1. The summed E-state index contributed by atoms with van der Waals surface area (Å²) in [6.07, 6.45) is 1.79. The Bertz CT molecular complexity index is 588. The highest BCUT2D eigenvalue weighted by molar-refractivity contribution is 6.09. The van der Waals surface area contributed by atoms with Gasteiger partial charge in [0.15, 0.2) is 0 Å². The van der Waals surface area contributed by atoms with Gasteiger partial charge in [0.25, 0.3) is 0 Å². The average molecular weight is 324 g/mol. The number of likely N-dealkylation sites (tertiary alicyclic amines) is 1. The van der Waals surface area contributed by atoms with Crippen LogP contribution in [0.1, 0.15) is 33.6 Å². The monoisotopic (exact) mass is 324 g/mol. The lowest BCUT2D eigenvalue weighted by Crippen LogP contribution is -2.49. The van der Waals surface area contributed by atoms with Crippen LogP contribution in [-0.2, 0) is 9.59 Å². The lowest BCUT2D eigenvalue weighted by atomic mass is 9.88. The lowest BCUT2D eigenvalue weighted by Gasteiger charge is -2.35. The first kappa shape index (κ1) is 17.4. The van der Waals surface area contributed by atoms with Crippen molar-refractivity contribution in [1.82, 2.24) is 4.90 Å². The molecule has 4 nitrogen and oxygen atoms in total. The molecule has 0 radical (unpaired) electrons. The fourth-order valence-electron chi connectivity index (χ4n) is 2.59. The van der Waals surface area contributed by atoms with Crippen LogP contribution in [-0.4, -0.2) is 29.8 Å².